The summed E-state index contributed by atoms with van der Waals surface area (Å²) in [5, 5.41) is 2.91. The van der Waals surface area contributed by atoms with Gasteiger partial charge in [0.15, 0.2) is 5.78 Å². The van der Waals surface area contributed by atoms with Crippen molar-refractivity contribution >= 4 is 21.5 Å². The molecule has 1 aromatic heterocycles. The smallest absolute Gasteiger partial charge is 0.251 e. The number of nitrogens with zero attached hydrogens (tertiary/aromatic N) is 1. The first kappa shape index (κ1) is 20.7. The van der Waals surface area contributed by atoms with E-state index in [2.05, 4.69) is 10.2 Å². The molecule has 1 atom stereocenters. The maximum Gasteiger partial charge on any atom is 0.251 e. The molecule has 2 aromatic carbocycles. The molecule has 1 saturated heterocycles. The number of hydrogen-bond donors (Lipinski definition) is 1. The van der Waals surface area contributed by atoms with E-state index in [1.165, 1.54) is 30.3 Å². The fourth-order valence-electron chi connectivity index (χ4n) is 4.46. The van der Waals surface area contributed by atoms with E-state index in [1.807, 2.05) is 12.1 Å². The van der Waals surface area contributed by atoms with Crippen LogP contribution in [0.4, 0.5) is 0 Å². The fraction of sp³-hybridized carbons (Fsp3) is 0.250. The number of benzene rings is 2. The van der Waals surface area contributed by atoms with Gasteiger partial charge in [-0.25, -0.2) is 8.42 Å². The van der Waals surface area contributed by atoms with Gasteiger partial charge in [-0.05, 0) is 68.4 Å². The van der Waals surface area contributed by atoms with Crippen molar-refractivity contribution in [2.45, 2.75) is 28.7 Å². The second-order valence-electron chi connectivity index (χ2n) is 8.02. The number of nitrogens with one attached hydrogen (secondary N) is 1. The number of ketones is 1. The third-order valence-corrected chi connectivity index (χ3v) is 7.96. The Kier molecular flexibility index (Phi) is 5.19. The Morgan fingerprint density at radius 1 is 1.00 bits per heavy atom. The summed E-state index contributed by atoms with van der Waals surface area (Å²) < 4.78 is 31.8. The summed E-state index contributed by atoms with van der Waals surface area (Å²) in [6.07, 6.45) is 3.82. The van der Waals surface area contributed by atoms with Crippen LogP contribution in [0.25, 0.3) is 0 Å². The van der Waals surface area contributed by atoms with Crippen molar-refractivity contribution in [3.05, 3.63) is 83.3 Å². The van der Waals surface area contributed by atoms with Gasteiger partial charge in [0.25, 0.3) is 5.91 Å². The molecule has 1 N–H and O–H groups in total. The highest BCUT2D eigenvalue weighted by Crippen LogP contribution is 2.34. The van der Waals surface area contributed by atoms with Crippen molar-refractivity contribution < 1.29 is 22.4 Å². The summed E-state index contributed by atoms with van der Waals surface area (Å²) in [4.78, 5) is 27.8. The molecule has 0 aliphatic carbocycles. The molecule has 32 heavy (non-hydrogen) atoms. The Hall–Kier alpha value is -3.23. The molecule has 0 radical (unpaired) electrons. The van der Waals surface area contributed by atoms with Crippen LogP contribution in [0.2, 0.25) is 0 Å². The van der Waals surface area contributed by atoms with Crippen molar-refractivity contribution in [3.63, 3.8) is 0 Å². The van der Waals surface area contributed by atoms with Gasteiger partial charge in [-0.2, -0.15) is 0 Å². The molecule has 3 heterocycles. The van der Waals surface area contributed by atoms with E-state index in [0.29, 0.717) is 6.54 Å². The number of carbonyl (C=O) groups excluding carboxylic acids is 2. The minimum absolute atomic E-state index is 0.0259. The first-order chi connectivity index (χ1) is 15.5. The molecule has 7 nitrogen and oxygen atoms in total. The minimum Gasteiger partial charge on any atom is -0.468 e. The Bertz CT molecular complexity index is 1290. The van der Waals surface area contributed by atoms with Crippen LogP contribution in [-0.4, -0.2) is 44.6 Å². The maximum atomic E-state index is 13.1. The van der Waals surface area contributed by atoms with E-state index in [0.717, 1.165) is 31.7 Å². The molecule has 2 aliphatic rings. The average molecular weight is 451 g/mol. The number of hydrogen-bond acceptors (Lipinski definition) is 6. The van der Waals surface area contributed by atoms with Crippen LogP contribution < -0.4 is 5.32 Å². The molecule has 2 aliphatic heterocycles. The lowest BCUT2D eigenvalue weighted by Crippen LogP contribution is -2.36. The molecule has 3 aromatic rings. The van der Waals surface area contributed by atoms with Gasteiger partial charge in [-0.15, -0.1) is 0 Å². The quantitative estimate of drug-likeness (QED) is 0.502. The summed E-state index contributed by atoms with van der Waals surface area (Å²) in [5.41, 5.74) is 0.439. The zero-order chi connectivity index (χ0) is 22.3. The van der Waals surface area contributed by atoms with Gasteiger partial charge in [0.2, 0.25) is 9.84 Å². The summed E-state index contributed by atoms with van der Waals surface area (Å²) in [7, 11) is -3.89. The van der Waals surface area contributed by atoms with Crippen molar-refractivity contribution in [1.82, 2.24) is 10.2 Å². The number of fused-ring (bicyclic) bond motifs is 2. The first-order valence-electron chi connectivity index (χ1n) is 10.6. The molecule has 1 amide bonds. The van der Waals surface area contributed by atoms with E-state index in [4.69, 9.17) is 4.42 Å². The van der Waals surface area contributed by atoms with E-state index in [1.54, 1.807) is 18.4 Å². The second kappa shape index (κ2) is 8.03. The third kappa shape index (κ3) is 3.45. The van der Waals surface area contributed by atoms with Crippen LogP contribution in [0.15, 0.2) is 75.1 Å². The summed E-state index contributed by atoms with van der Waals surface area (Å²) in [6.45, 7) is 2.19. The zero-order valence-corrected chi connectivity index (χ0v) is 18.1. The van der Waals surface area contributed by atoms with Gasteiger partial charge in [0, 0.05) is 23.2 Å². The fourth-order valence-corrected chi connectivity index (χ4v) is 6.14. The molecule has 0 unspecified atom stereocenters. The number of rotatable bonds is 5. The number of likely N-dealkylation sites (tertiary alicyclic amines) is 1. The Balaban J connectivity index is 1.41. The number of carbonyl (C=O) groups is 2. The molecular weight excluding hydrogens is 428 g/mol. The molecule has 5 rings (SSSR count). The van der Waals surface area contributed by atoms with Crippen molar-refractivity contribution in [2.75, 3.05) is 19.6 Å². The average Bonchev–Trinajstić information content (AvgIpc) is 3.53. The summed E-state index contributed by atoms with van der Waals surface area (Å²) in [5.74, 6) is 0.0248. The number of furan rings is 1. The van der Waals surface area contributed by atoms with Crippen LogP contribution in [0.1, 0.15) is 50.9 Å². The van der Waals surface area contributed by atoms with Gasteiger partial charge in [-0.3, -0.25) is 14.5 Å². The van der Waals surface area contributed by atoms with Gasteiger partial charge in [-0.1, -0.05) is 12.1 Å². The Morgan fingerprint density at radius 3 is 2.50 bits per heavy atom. The minimum atomic E-state index is -3.89. The van der Waals surface area contributed by atoms with Crippen molar-refractivity contribution in [2.24, 2.45) is 0 Å². The van der Waals surface area contributed by atoms with Crippen LogP contribution in [0, 0.1) is 0 Å². The maximum absolute atomic E-state index is 13.1. The van der Waals surface area contributed by atoms with E-state index in [-0.39, 0.29) is 38.3 Å². The predicted molar refractivity (Wildman–Crippen MR) is 116 cm³/mol. The molecule has 0 bridgehead atoms. The SMILES string of the molecule is O=C(NC[C@H](c1ccco1)N1CCCC1)c1ccc2c(c1)S(=O)(=O)c1ccccc1C2=O. The standard InChI is InChI=1S/C24H22N2O5S/c27-23-17-6-1-2-8-21(17)32(29,30)22-14-16(9-10-18(22)23)24(28)25-15-19(20-7-5-13-31-20)26-11-3-4-12-26/h1-2,5-10,13-14,19H,3-4,11-12,15H2,(H,25,28)/t19-/m1/s1. The number of amides is 1. The monoisotopic (exact) mass is 450 g/mol. The van der Waals surface area contributed by atoms with Gasteiger partial charge < -0.3 is 9.73 Å². The lowest BCUT2D eigenvalue weighted by atomic mass is 10.0. The normalized spacial score (nSPS) is 18.1. The molecule has 1 fully saturated rings. The van der Waals surface area contributed by atoms with Crippen molar-refractivity contribution in [1.29, 1.82) is 0 Å². The van der Waals surface area contributed by atoms with Crippen LogP contribution in [0.3, 0.4) is 0 Å². The molecule has 0 saturated carbocycles. The van der Waals surface area contributed by atoms with Crippen LogP contribution >= 0.6 is 0 Å². The van der Waals surface area contributed by atoms with E-state index >= 15 is 0 Å². The van der Waals surface area contributed by atoms with Gasteiger partial charge in [0.1, 0.15) is 5.76 Å². The first-order valence-corrected chi connectivity index (χ1v) is 12.0. The van der Waals surface area contributed by atoms with Crippen LogP contribution in [0.5, 0.6) is 0 Å². The Morgan fingerprint density at radius 2 is 1.75 bits per heavy atom. The lowest BCUT2D eigenvalue weighted by Gasteiger charge is -2.26. The summed E-state index contributed by atoms with van der Waals surface area (Å²) in [6, 6.07) is 14.0. The molecule has 0 spiro atoms. The summed E-state index contributed by atoms with van der Waals surface area (Å²) >= 11 is 0. The van der Waals surface area contributed by atoms with Gasteiger partial charge >= 0.3 is 0 Å². The Labute approximate surface area is 186 Å². The highest BCUT2D eigenvalue weighted by molar-refractivity contribution is 7.91. The highest BCUT2D eigenvalue weighted by atomic mass is 32.2. The third-order valence-electron chi connectivity index (χ3n) is 6.11. The van der Waals surface area contributed by atoms with Crippen LogP contribution in [-0.2, 0) is 9.84 Å². The molecule has 164 valence electrons. The van der Waals surface area contributed by atoms with Gasteiger partial charge in [0.05, 0.1) is 22.1 Å². The van der Waals surface area contributed by atoms with E-state index in [9.17, 15) is 18.0 Å². The highest BCUT2D eigenvalue weighted by Gasteiger charge is 2.35. The number of sulfone groups is 1. The van der Waals surface area contributed by atoms with E-state index < -0.39 is 15.7 Å². The van der Waals surface area contributed by atoms with Crippen molar-refractivity contribution in [3.8, 4) is 0 Å². The second-order valence-corrected chi connectivity index (χ2v) is 9.91. The predicted octanol–water partition coefficient (Wildman–Crippen LogP) is 3.22. The largest absolute Gasteiger partial charge is 0.468 e. The molecular formula is C24H22N2O5S. The molecule has 8 heteroatoms. The zero-order valence-electron chi connectivity index (χ0n) is 17.3. The topological polar surface area (TPSA) is 96.7 Å². The lowest BCUT2D eigenvalue weighted by molar-refractivity contribution is 0.0932.